The second-order valence-corrected chi connectivity index (χ2v) is 8.39. The second kappa shape index (κ2) is 8.03. The SMILES string of the molecule is O=C(c1cn(CCC2CC(c3ccccc3)C2)c2ccccc12)N1CCOCC1. The molecule has 3 aromatic rings. The van der Waals surface area contributed by atoms with Crippen LogP contribution in [0.3, 0.4) is 0 Å². The van der Waals surface area contributed by atoms with Crippen molar-refractivity contribution in [2.24, 2.45) is 5.92 Å². The molecule has 29 heavy (non-hydrogen) atoms. The molecule has 0 radical (unpaired) electrons. The number of hydrogen-bond acceptors (Lipinski definition) is 2. The number of aryl methyl sites for hydroxylation is 1. The number of morpholine rings is 1. The Bertz CT molecular complexity index is 982. The number of carbonyl (C=O) groups excluding carboxylic acids is 1. The molecule has 1 amide bonds. The van der Waals surface area contributed by atoms with Crippen LogP contribution in [0.1, 0.15) is 41.1 Å². The third-order valence-electron chi connectivity index (χ3n) is 6.60. The Balaban J connectivity index is 1.28. The molecule has 1 aliphatic heterocycles. The number of hydrogen-bond donors (Lipinski definition) is 0. The predicted molar refractivity (Wildman–Crippen MR) is 115 cm³/mol. The Morgan fingerprint density at radius 3 is 2.48 bits per heavy atom. The minimum atomic E-state index is 0.135. The first-order valence-corrected chi connectivity index (χ1v) is 10.8. The second-order valence-electron chi connectivity index (χ2n) is 8.39. The highest BCUT2D eigenvalue weighted by molar-refractivity contribution is 6.07. The van der Waals surface area contributed by atoms with Crippen molar-refractivity contribution in [3.8, 4) is 0 Å². The van der Waals surface area contributed by atoms with E-state index in [1.807, 2.05) is 11.0 Å². The molecule has 1 aromatic heterocycles. The van der Waals surface area contributed by atoms with Crippen molar-refractivity contribution in [3.05, 3.63) is 71.9 Å². The molecule has 0 spiro atoms. The molecular weight excluding hydrogens is 360 g/mol. The highest BCUT2D eigenvalue weighted by atomic mass is 16.5. The lowest BCUT2D eigenvalue weighted by Gasteiger charge is -2.36. The molecule has 4 heteroatoms. The summed E-state index contributed by atoms with van der Waals surface area (Å²) in [5.74, 6) is 1.64. The molecule has 1 saturated carbocycles. The summed E-state index contributed by atoms with van der Waals surface area (Å²) in [4.78, 5) is 15.0. The van der Waals surface area contributed by atoms with Crippen molar-refractivity contribution in [1.29, 1.82) is 0 Å². The quantitative estimate of drug-likeness (QED) is 0.635. The summed E-state index contributed by atoms with van der Waals surface area (Å²) in [6.07, 6.45) is 5.81. The maximum absolute atomic E-state index is 13.1. The Hall–Kier alpha value is -2.59. The zero-order valence-corrected chi connectivity index (χ0v) is 16.8. The van der Waals surface area contributed by atoms with E-state index in [9.17, 15) is 4.79 Å². The molecule has 4 nitrogen and oxygen atoms in total. The number of amides is 1. The normalized spacial score (nSPS) is 21.9. The summed E-state index contributed by atoms with van der Waals surface area (Å²) < 4.78 is 7.69. The van der Waals surface area contributed by atoms with Crippen molar-refractivity contribution in [2.75, 3.05) is 26.3 Å². The van der Waals surface area contributed by atoms with Gasteiger partial charge in [-0.1, -0.05) is 48.5 Å². The Kier molecular flexibility index (Phi) is 5.11. The van der Waals surface area contributed by atoms with Gasteiger partial charge in [0, 0.05) is 36.7 Å². The van der Waals surface area contributed by atoms with E-state index in [-0.39, 0.29) is 5.91 Å². The molecular formula is C25H28N2O2. The average Bonchev–Trinajstić information content (AvgIpc) is 3.12. The predicted octanol–water partition coefficient (Wildman–Crippen LogP) is 4.70. The lowest BCUT2D eigenvalue weighted by molar-refractivity contribution is 0.0304. The van der Waals surface area contributed by atoms with Gasteiger partial charge in [-0.3, -0.25) is 4.79 Å². The lowest BCUT2D eigenvalue weighted by atomic mass is 9.70. The molecule has 1 saturated heterocycles. The molecule has 2 fully saturated rings. The van der Waals surface area contributed by atoms with Crippen LogP contribution < -0.4 is 0 Å². The molecule has 2 aromatic carbocycles. The number of nitrogens with zero attached hydrogens (tertiary/aromatic N) is 2. The standard InChI is InChI=1S/C25H28N2O2/c28-25(26-12-14-29-15-13-26)23-18-27(24-9-5-4-8-22(23)24)11-10-19-16-21(17-19)20-6-2-1-3-7-20/h1-9,18-19,21H,10-17H2. The minimum absolute atomic E-state index is 0.135. The fourth-order valence-electron chi connectivity index (χ4n) is 4.83. The van der Waals surface area contributed by atoms with Gasteiger partial charge in [0.05, 0.1) is 18.8 Å². The van der Waals surface area contributed by atoms with E-state index in [4.69, 9.17) is 4.74 Å². The number of aromatic nitrogens is 1. The van der Waals surface area contributed by atoms with Crippen LogP contribution in [0.25, 0.3) is 10.9 Å². The van der Waals surface area contributed by atoms with Crippen molar-refractivity contribution in [1.82, 2.24) is 9.47 Å². The fourth-order valence-corrected chi connectivity index (χ4v) is 4.83. The van der Waals surface area contributed by atoms with E-state index in [0.717, 1.165) is 29.3 Å². The van der Waals surface area contributed by atoms with Gasteiger partial charge in [-0.15, -0.1) is 0 Å². The number of ether oxygens (including phenoxy) is 1. The van der Waals surface area contributed by atoms with E-state index < -0.39 is 0 Å². The van der Waals surface area contributed by atoms with Gasteiger partial charge in [0.25, 0.3) is 5.91 Å². The zero-order chi connectivity index (χ0) is 19.6. The highest BCUT2D eigenvalue weighted by Crippen LogP contribution is 2.43. The van der Waals surface area contributed by atoms with Crippen LogP contribution in [-0.4, -0.2) is 41.7 Å². The number of para-hydroxylation sites is 1. The van der Waals surface area contributed by atoms with Crippen molar-refractivity contribution < 1.29 is 9.53 Å². The summed E-state index contributed by atoms with van der Waals surface area (Å²) in [6, 6.07) is 19.2. The van der Waals surface area contributed by atoms with Crippen LogP contribution >= 0.6 is 0 Å². The first-order valence-electron chi connectivity index (χ1n) is 10.8. The molecule has 2 aliphatic rings. The summed E-state index contributed by atoms with van der Waals surface area (Å²) >= 11 is 0. The average molecular weight is 389 g/mol. The third kappa shape index (κ3) is 3.69. The van der Waals surface area contributed by atoms with Crippen LogP contribution in [0, 0.1) is 5.92 Å². The van der Waals surface area contributed by atoms with Crippen molar-refractivity contribution >= 4 is 16.8 Å². The number of carbonyl (C=O) groups is 1. The summed E-state index contributed by atoms with van der Waals surface area (Å²) in [6.45, 7) is 3.61. The molecule has 1 aliphatic carbocycles. The highest BCUT2D eigenvalue weighted by Gasteiger charge is 2.30. The number of fused-ring (bicyclic) bond motifs is 1. The van der Waals surface area contributed by atoms with Crippen molar-refractivity contribution in [3.63, 3.8) is 0 Å². The van der Waals surface area contributed by atoms with E-state index in [0.29, 0.717) is 26.3 Å². The van der Waals surface area contributed by atoms with E-state index >= 15 is 0 Å². The van der Waals surface area contributed by atoms with E-state index in [2.05, 4.69) is 59.3 Å². The lowest BCUT2D eigenvalue weighted by Crippen LogP contribution is -2.40. The number of benzene rings is 2. The third-order valence-corrected chi connectivity index (χ3v) is 6.60. The molecule has 0 atom stereocenters. The van der Waals surface area contributed by atoms with E-state index in [1.165, 1.54) is 30.3 Å². The molecule has 0 unspecified atom stereocenters. The fraction of sp³-hybridized carbons (Fsp3) is 0.400. The smallest absolute Gasteiger partial charge is 0.256 e. The van der Waals surface area contributed by atoms with Gasteiger partial charge in [0.15, 0.2) is 0 Å². The number of rotatable bonds is 5. The maximum Gasteiger partial charge on any atom is 0.256 e. The summed E-state index contributed by atoms with van der Waals surface area (Å²) in [7, 11) is 0. The van der Waals surface area contributed by atoms with Gasteiger partial charge < -0.3 is 14.2 Å². The molecule has 0 N–H and O–H groups in total. The Morgan fingerprint density at radius 2 is 1.69 bits per heavy atom. The summed E-state index contributed by atoms with van der Waals surface area (Å²) in [5, 5.41) is 1.07. The maximum atomic E-state index is 13.1. The van der Waals surface area contributed by atoms with Gasteiger partial charge in [0.2, 0.25) is 0 Å². The Morgan fingerprint density at radius 1 is 0.966 bits per heavy atom. The zero-order valence-electron chi connectivity index (χ0n) is 16.8. The summed E-state index contributed by atoms with van der Waals surface area (Å²) in [5.41, 5.74) is 3.48. The van der Waals surface area contributed by atoms with Gasteiger partial charge in [-0.05, 0) is 42.7 Å². The minimum Gasteiger partial charge on any atom is -0.378 e. The largest absolute Gasteiger partial charge is 0.378 e. The van der Waals surface area contributed by atoms with Crippen LogP contribution in [-0.2, 0) is 11.3 Å². The monoisotopic (exact) mass is 388 g/mol. The van der Waals surface area contributed by atoms with Crippen molar-refractivity contribution in [2.45, 2.75) is 31.7 Å². The van der Waals surface area contributed by atoms with Crippen LogP contribution in [0.4, 0.5) is 0 Å². The van der Waals surface area contributed by atoms with Gasteiger partial charge in [-0.25, -0.2) is 0 Å². The van der Waals surface area contributed by atoms with Gasteiger partial charge in [-0.2, -0.15) is 0 Å². The topological polar surface area (TPSA) is 34.5 Å². The first-order chi connectivity index (χ1) is 14.3. The molecule has 150 valence electrons. The van der Waals surface area contributed by atoms with Crippen LogP contribution in [0.5, 0.6) is 0 Å². The Labute approximate surface area is 172 Å². The van der Waals surface area contributed by atoms with Crippen LogP contribution in [0.2, 0.25) is 0 Å². The van der Waals surface area contributed by atoms with E-state index in [1.54, 1.807) is 0 Å². The van der Waals surface area contributed by atoms with Gasteiger partial charge in [0.1, 0.15) is 0 Å². The van der Waals surface area contributed by atoms with Crippen LogP contribution in [0.15, 0.2) is 60.8 Å². The van der Waals surface area contributed by atoms with Gasteiger partial charge >= 0.3 is 0 Å². The molecule has 2 heterocycles. The first kappa shape index (κ1) is 18.4. The molecule has 5 rings (SSSR count). The molecule has 0 bridgehead atoms.